The fourth-order valence-electron chi connectivity index (χ4n) is 1.68. The lowest BCUT2D eigenvalue weighted by Crippen LogP contribution is -2.22. The maximum atomic E-state index is 11.0. The summed E-state index contributed by atoms with van der Waals surface area (Å²) >= 11 is 0. The van der Waals surface area contributed by atoms with E-state index in [1.165, 1.54) is 0 Å². The fraction of sp³-hybridized carbons (Fsp3) is 0. The van der Waals surface area contributed by atoms with Gasteiger partial charge in [-0.3, -0.25) is 0 Å². The molecule has 0 heterocycles. The monoisotopic (exact) mass is 284 g/mol. The molecule has 0 aromatic heterocycles. The average Bonchev–Trinajstić information content (AvgIpc) is 2.28. The number of carboxylic acid groups (broad SMARTS) is 4. The minimum Gasteiger partial charge on any atom is -0.478 e. The summed E-state index contributed by atoms with van der Waals surface area (Å²) in [6.07, 6.45) is 0. The highest BCUT2D eigenvalue weighted by atomic mass is 16.4. The summed E-state index contributed by atoms with van der Waals surface area (Å²) in [6.45, 7) is 0. The predicted octanol–water partition coefficient (Wildman–Crippen LogP) is -0.356. The molecule has 0 fully saturated rings. The van der Waals surface area contributed by atoms with Gasteiger partial charge >= 0.3 is 23.9 Å². The average molecular weight is 284 g/mol. The van der Waals surface area contributed by atoms with E-state index >= 15 is 0 Å². The first-order valence-electron chi connectivity index (χ1n) is 4.79. The number of carboxylic acids is 4. The van der Waals surface area contributed by atoms with Crippen LogP contribution in [0.5, 0.6) is 0 Å². The molecule has 20 heavy (non-hydrogen) atoms. The maximum Gasteiger partial charge on any atom is 0.338 e. The van der Waals surface area contributed by atoms with Crippen LogP contribution in [-0.4, -0.2) is 44.3 Å². The first kappa shape index (κ1) is 14.8. The molecule has 0 atom stereocenters. The van der Waals surface area contributed by atoms with Crippen LogP contribution in [0.3, 0.4) is 0 Å². The molecule has 0 aliphatic heterocycles. The summed E-state index contributed by atoms with van der Waals surface area (Å²) in [5.74, 6) is -7.37. The van der Waals surface area contributed by atoms with E-state index in [9.17, 15) is 19.2 Å². The molecule has 0 aliphatic carbocycles. The predicted molar refractivity (Wildman–Crippen MR) is 63.1 cm³/mol. The van der Waals surface area contributed by atoms with Gasteiger partial charge in [-0.25, -0.2) is 19.2 Å². The van der Waals surface area contributed by atoms with E-state index in [0.717, 1.165) is 0 Å². The number of benzene rings is 1. The topological polar surface area (TPSA) is 201 Å². The zero-order valence-electron chi connectivity index (χ0n) is 9.58. The van der Waals surface area contributed by atoms with Crippen molar-refractivity contribution in [2.45, 2.75) is 0 Å². The second-order valence-corrected chi connectivity index (χ2v) is 3.55. The summed E-state index contributed by atoms with van der Waals surface area (Å²) in [5, 5.41) is 35.7. The zero-order chi connectivity index (χ0) is 15.8. The Hall–Kier alpha value is -3.30. The molecular formula is C10H8N2O8. The van der Waals surface area contributed by atoms with Gasteiger partial charge in [-0.05, 0) is 0 Å². The van der Waals surface area contributed by atoms with Crippen LogP contribution in [0.1, 0.15) is 41.4 Å². The van der Waals surface area contributed by atoms with Crippen molar-refractivity contribution in [1.82, 2.24) is 0 Å². The van der Waals surface area contributed by atoms with Crippen LogP contribution < -0.4 is 11.5 Å². The Bertz CT molecular complexity index is 554. The molecule has 0 saturated carbocycles. The summed E-state index contributed by atoms with van der Waals surface area (Å²) in [6, 6.07) is 0. The van der Waals surface area contributed by atoms with Gasteiger partial charge < -0.3 is 31.9 Å². The lowest BCUT2D eigenvalue weighted by atomic mass is 9.93. The molecule has 0 radical (unpaired) electrons. The van der Waals surface area contributed by atoms with Crippen LogP contribution in [-0.2, 0) is 0 Å². The molecule has 0 saturated heterocycles. The van der Waals surface area contributed by atoms with E-state index < -0.39 is 57.5 Å². The SMILES string of the molecule is Nc1c(C(=O)O)c(C(=O)O)c(N)c(C(=O)O)c1C(=O)O. The third-order valence-electron chi connectivity index (χ3n) is 2.43. The van der Waals surface area contributed by atoms with Gasteiger partial charge in [-0.15, -0.1) is 0 Å². The molecule has 0 bridgehead atoms. The number of anilines is 2. The minimum absolute atomic E-state index is 0.992. The van der Waals surface area contributed by atoms with Crippen molar-refractivity contribution in [3.05, 3.63) is 22.3 Å². The Morgan fingerprint density at radius 3 is 0.800 bits per heavy atom. The molecule has 0 unspecified atom stereocenters. The van der Waals surface area contributed by atoms with Gasteiger partial charge in [-0.2, -0.15) is 0 Å². The van der Waals surface area contributed by atoms with E-state index in [0.29, 0.717) is 0 Å². The minimum atomic E-state index is -1.84. The molecule has 1 rings (SSSR count). The number of carbonyl (C=O) groups is 4. The van der Waals surface area contributed by atoms with Crippen molar-refractivity contribution in [3.63, 3.8) is 0 Å². The molecule has 0 amide bonds. The number of nitrogen functional groups attached to an aromatic ring is 2. The van der Waals surface area contributed by atoms with Gasteiger partial charge in [0.25, 0.3) is 0 Å². The van der Waals surface area contributed by atoms with Crippen molar-refractivity contribution in [2.75, 3.05) is 11.5 Å². The van der Waals surface area contributed by atoms with Gasteiger partial charge in [0.05, 0.1) is 33.6 Å². The summed E-state index contributed by atoms with van der Waals surface area (Å²) in [7, 11) is 0. The number of nitrogens with two attached hydrogens (primary N) is 2. The van der Waals surface area contributed by atoms with Crippen molar-refractivity contribution >= 4 is 35.3 Å². The van der Waals surface area contributed by atoms with Crippen LogP contribution in [0, 0.1) is 0 Å². The van der Waals surface area contributed by atoms with E-state index in [4.69, 9.17) is 31.9 Å². The van der Waals surface area contributed by atoms with Gasteiger partial charge in [0.15, 0.2) is 0 Å². The third kappa shape index (κ3) is 2.05. The largest absolute Gasteiger partial charge is 0.478 e. The van der Waals surface area contributed by atoms with Gasteiger partial charge in [-0.1, -0.05) is 0 Å². The van der Waals surface area contributed by atoms with Crippen LogP contribution in [0.25, 0.3) is 0 Å². The lowest BCUT2D eigenvalue weighted by Gasteiger charge is -2.15. The van der Waals surface area contributed by atoms with Gasteiger partial charge in [0.1, 0.15) is 0 Å². The smallest absolute Gasteiger partial charge is 0.338 e. The Balaban J connectivity index is 4.10. The standard InChI is InChI=1S/C10H8N2O8/c11-5-1(7(13)14)2(8(15)16)6(12)4(10(19)20)3(5)9(17)18/h11-12H2,(H,13,14)(H,15,16)(H,17,18)(H,19,20). The number of aromatic carboxylic acids is 4. The maximum absolute atomic E-state index is 11.0. The highest BCUT2D eigenvalue weighted by Crippen LogP contribution is 2.33. The molecule has 1 aromatic carbocycles. The first-order valence-corrected chi connectivity index (χ1v) is 4.79. The Kier molecular flexibility index (Phi) is 3.51. The second kappa shape index (κ2) is 4.76. The summed E-state index contributed by atoms with van der Waals surface area (Å²) in [5.41, 5.74) is 4.30. The van der Waals surface area contributed by atoms with Crippen LogP contribution in [0.15, 0.2) is 0 Å². The van der Waals surface area contributed by atoms with Crippen molar-refractivity contribution in [3.8, 4) is 0 Å². The molecule has 10 nitrogen and oxygen atoms in total. The molecule has 0 spiro atoms. The highest BCUT2D eigenvalue weighted by molar-refractivity contribution is 6.19. The zero-order valence-corrected chi connectivity index (χ0v) is 9.58. The molecule has 8 N–H and O–H groups in total. The van der Waals surface area contributed by atoms with E-state index in [-0.39, 0.29) is 0 Å². The van der Waals surface area contributed by atoms with Crippen LogP contribution >= 0.6 is 0 Å². The fourth-order valence-corrected chi connectivity index (χ4v) is 1.68. The summed E-state index contributed by atoms with van der Waals surface area (Å²) in [4.78, 5) is 44.1. The van der Waals surface area contributed by atoms with Crippen LogP contribution in [0.4, 0.5) is 11.4 Å². The Morgan fingerprint density at radius 1 is 0.550 bits per heavy atom. The van der Waals surface area contributed by atoms with E-state index in [2.05, 4.69) is 0 Å². The van der Waals surface area contributed by atoms with E-state index in [1.54, 1.807) is 0 Å². The normalized spacial score (nSPS) is 10.0. The van der Waals surface area contributed by atoms with Crippen molar-refractivity contribution < 1.29 is 39.6 Å². The van der Waals surface area contributed by atoms with E-state index in [1.807, 2.05) is 0 Å². The lowest BCUT2D eigenvalue weighted by molar-refractivity contribution is 0.0640. The molecular weight excluding hydrogens is 276 g/mol. The van der Waals surface area contributed by atoms with Crippen LogP contribution in [0.2, 0.25) is 0 Å². The first-order chi connectivity index (χ1) is 9.11. The molecule has 106 valence electrons. The molecule has 1 aromatic rings. The number of rotatable bonds is 4. The summed E-state index contributed by atoms with van der Waals surface area (Å²) < 4.78 is 0. The highest BCUT2D eigenvalue weighted by Gasteiger charge is 2.33. The Labute approximate surface area is 109 Å². The Morgan fingerprint density at radius 2 is 0.700 bits per heavy atom. The van der Waals surface area contributed by atoms with Gasteiger partial charge in [0, 0.05) is 0 Å². The molecule has 10 heteroatoms. The number of hydrogen-bond acceptors (Lipinski definition) is 6. The number of hydrogen-bond donors (Lipinski definition) is 6. The van der Waals surface area contributed by atoms with Crippen molar-refractivity contribution in [2.24, 2.45) is 0 Å². The van der Waals surface area contributed by atoms with Gasteiger partial charge in [0.2, 0.25) is 0 Å². The molecule has 0 aliphatic rings. The van der Waals surface area contributed by atoms with Crippen molar-refractivity contribution in [1.29, 1.82) is 0 Å². The second-order valence-electron chi connectivity index (χ2n) is 3.55. The third-order valence-corrected chi connectivity index (χ3v) is 2.43. The quantitative estimate of drug-likeness (QED) is 0.396.